The van der Waals surface area contributed by atoms with Gasteiger partial charge in [-0.3, -0.25) is 19.3 Å². The molecular weight excluding hydrogens is 218 g/mol. The van der Waals surface area contributed by atoms with E-state index in [0.29, 0.717) is 4.90 Å². The van der Waals surface area contributed by atoms with Crippen LogP contribution < -0.4 is 0 Å². The van der Waals surface area contributed by atoms with E-state index in [2.05, 4.69) is 0 Å². The summed E-state index contributed by atoms with van der Waals surface area (Å²) in [7, 11) is 0. The van der Waals surface area contributed by atoms with Gasteiger partial charge in [0.1, 0.15) is 6.04 Å². The summed E-state index contributed by atoms with van der Waals surface area (Å²) in [4.78, 5) is 44.4. The molecule has 0 aromatic rings. The van der Waals surface area contributed by atoms with Gasteiger partial charge in [-0.15, -0.1) is 0 Å². The summed E-state index contributed by atoms with van der Waals surface area (Å²) in [6, 6.07) is -1.36. The molecule has 1 rings (SSSR count). The third kappa shape index (κ3) is 2.56. The van der Waals surface area contributed by atoms with Crippen molar-refractivity contribution in [2.45, 2.75) is 31.7 Å². The summed E-state index contributed by atoms with van der Waals surface area (Å²) < 4.78 is 0. The Morgan fingerprint density at radius 1 is 1.19 bits per heavy atom. The Balaban J connectivity index is 2.76. The molecule has 1 atom stereocenters. The molecule has 0 radical (unpaired) electrons. The Morgan fingerprint density at radius 3 is 2.06 bits per heavy atom. The summed E-state index contributed by atoms with van der Waals surface area (Å²) in [6.45, 7) is 0. The second kappa shape index (κ2) is 4.73. The Morgan fingerprint density at radius 2 is 1.69 bits per heavy atom. The first kappa shape index (κ1) is 12.2. The van der Waals surface area contributed by atoms with E-state index < -0.39 is 36.2 Å². The van der Waals surface area contributed by atoms with E-state index in [9.17, 15) is 19.2 Å². The fourth-order valence-corrected chi connectivity index (χ4v) is 1.56. The van der Waals surface area contributed by atoms with Gasteiger partial charge < -0.3 is 10.2 Å². The monoisotopic (exact) mass is 229 g/mol. The van der Waals surface area contributed by atoms with Crippen molar-refractivity contribution >= 4 is 23.8 Å². The van der Waals surface area contributed by atoms with E-state index in [0.717, 1.165) is 0 Å². The molecule has 1 aliphatic heterocycles. The minimum Gasteiger partial charge on any atom is -0.481 e. The molecule has 88 valence electrons. The number of amides is 2. The number of carboxylic acids is 2. The molecule has 2 amide bonds. The van der Waals surface area contributed by atoms with Crippen molar-refractivity contribution in [2.24, 2.45) is 0 Å². The number of nitrogens with zero attached hydrogens (tertiary/aromatic N) is 1. The van der Waals surface area contributed by atoms with Crippen LogP contribution in [0.15, 0.2) is 0 Å². The quantitative estimate of drug-likeness (QED) is 0.612. The van der Waals surface area contributed by atoms with Crippen LogP contribution in [0, 0.1) is 0 Å². The number of carbonyl (C=O) groups is 4. The van der Waals surface area contributed by atoms with Crippen molar-refractivity contribution in [2.75, 3.05) is 0 Å². The number of carbonyl (C=O) groups excluding carboxylic acids is 2. The molecule has 1 fully saturated rings. The molecule has 7 nitrogen and oxygen atoms in total. The number of carboxylic acid groups (broad SMARTS) is 2. The zero-order chi connectivity index (χ0) is 12.3. The molecule has 1 saturated heterocycles. The van der Waals surface area contributed by atoms with Gasteiger partial charge in [0.2, 0.25) is 11.8 Å². The van der Waals surface area contributed by atoms with Crippen LogP contribution >= 0.6 is 0 Å². The molecule has 0 unspecified atom stereocenters. The van der Waals surface area contributed by atoms with Gasteiger partial charge in [0.05, 0.1) is 0 Å². The lowest BCUT2D eigenvalue weighted by atomic mass is 10.1. The number of aliphatic carboxylic acids is 2. The van der Waals surface area contributed by atoms with Crippen molar-refractivity contribution in [1.82, 2.24) is 4.90 Å². The molecule has 0 saturated carbocycles. The number of hydrogen-bond acceptors (Lipinski definition) is 4. The van der Waals surface area contributed by atoms with Crippen molar-refractivity contribution in [3.8, 4) is 0 Å². The van der Waals surface area contributed by atoms with E-state index in [1.54, 1.807) is 0 Å². The maximum absolute atomic E-state index is 11.3. The number of likely N-dealkylation sites (tertiary alicyclic amines) is 1. The molecule has 2 N–H and O–H groups in total. The van der Waals surface area contributed by atoms with Gasteiger partial charge in [-0.1, -0.05) is 0 Å². The predicted molar refractivity (Wildman–Crippen MR) is 49.4 cm³/mol. The fourth-order valence-electron chi connectivity index (χ4n) is 1.56. The van der Waals surface area contributed by atoms with Gasteiger partial charge in [-0.2, -0.15) is 0 Å². The number of hydrogen-bond donors (Lipinski definition) is 2. The topological polar surface area (TPSA) is 112 Å². The molecule has 1 aliphatic rings. The van der Waals surface area contributed by atoms with Crippen molar-refractivity contribution < 1.29 is 29.4 Å². The van der Waals surface area contributed by atoms with Gasteiger partial charge in [-0.25, -0.2) is 4.79 Å². The van der Waals surface area contributed by atoms with Gasteiger partial charge >= 0.3 is 11.9 Å². The van der Waals surface area contributed by atoms with Crippen molar-refractivity contribution in [3.63, 3.8) is 0 Å². The minimum atomic E-state index is -1.36. The summed E-state index contributed by atoms with van der Waals surface area (Å²) >= 11 is 0. The van der Waals surface area contributed by atoms with Crippen LogP contribution in [0.25, 0.3) is 0 Å². The van der Waals surface area contributed by atoms with Crippen LogP contribution in [0.3, 0.4) is 0 Å². The average molecular weight is 229 g/mol. The Kier molecular flexibility index (Phi) is 3.60. The van der Waals surface area contributed by atoms with Gasteiger partial charge in [0, 0.05) is 19.3 Å². The molecule has 16 heavy (non-hydrogen) atoms. The number of rotatable bonds is 5. The maximum Gasteiger partial charge on any atom is 0.326 e. The van der Waals surface area contributed by atoms with Gasteiger partial charge in [0.15, 0.2) is 0 Å². The molecule has 1 heterocycles. The van der Waals surface area contributed by atoms with E-state index in [1.165, 1.54) is 0 Å². The number of imide groups is 1. The van der Waals surface area contributed by atoms with Crippen LogP contribution in [0.4, 0.5) is 0 Å². The van der Waals surface area contributed by atoms with Gasteiger partial charge in [-0.05, 0) is 6.42 Å². The highest BCUT2D eigenvalue weighted by Gasteiger charge is 2.38. The second-order valence-electron chi connectivity index (χ2n) is 3.44. The third-order valence-corrected chi connectivity index (χ3v) is 2.32. The third-order valence-electron chi connectivity index (χ3n) is 2.32. The first-order valence-electron chi connectivity index (χ1n) is 4.73. The van der Waals surface area contributed by atoms with Crippen LogP contribution in [-0.2, 0) is 19.2 Å². The molecular formula is C9H11NO6. The van der Waals surface area contributed by atoms with E-state index >= 15 is 0 Å². The second-order valence-corrected chi connectivity index (χ2v) is 3.44. The standard InChI is InChI=1S/C9H11NO6/c11-6-2-3-7(12)10(6)5(9(15)16)1-4-8(13)14/h5H,1-4H2,(H,13,14)(H,15,16)/t5-/m0/s1. The molecule has 0 aromatic heterocycles. The summed E-state index contributed by atoms with van der Waals surface area (Å²) in [5.41, 5.74) is 0. The SMILES string of the molecule is O=C(O)CC[C@@H](C(=O)O)N1C(=O)CCC1=O. The van der Waals surface area contributed by atoms with E-state index in [-0.39, 0.29) is 19.3 Å². The average Bonchev–Trinajstić information content (AvgIpc) is 2.48. The van der Waals surface area contributed by atoms with Crippen LogP contribution in [-0.4, -0.2) is 44.9 Å². The summed E-state index contributed by atoms with van der Waals surface area (Å²) in [5.74, 6) is -3.62. The Bertz CT molecular complexity index is 334. The van der Waals surface area contributed by atoms with Crippen LogP contribution in [0.5, 0.6) is 0 Å². The normalized spacial score (nSPS) is 17.6. The molecule has 0 aromatic carbocycles. The first-order chi connectivity index (χ1) is 7.43. The van der Waals surface area contributed by atoms with E-state index in [4.69, 9.17) is 10.2 Å². The molecule has 0 bridgehead atoms. The van der Waals surface area contributed by atoms with Crippen LogP contribution in [0.1, 0.15) is 25.7 Å². The summed E-state index contributed by atoms with van der Waals surface area (Å²) in [5, 5.41) is 17.3. The Hall–Kier alpha value is -1.92. The highest BCUT2D eigenvalue weighted by Crippen LogP contribution is 2.18. The Labute approximate surface area is 90.6 Å². The lowest BCUT2D eigenvalue weighted by Crippen LogP contribution is -2.44. The highest BCUT2D eigenvalue weighted by molar-refractivity contribution is 6.04. The van der Waals surface area contributed by atoms with Crippen molar-refractivity contribution in [3.05, 3.63) is 0 Å². The largest absolute Gasteiger partial charge is 0.481 e. The van der Waals surface area contributed by atoms with Crippen LogP contribution in [0.2, 0.25) is 0 Å². The zero-order valence-electron chi connectivity index (χ0n) is 8.38. The molecule has 0 aliphatic carbocycles. The smallest absolute Gasteiger partial charge is 0.326 e. The predicted octanol–water partition coefficient (Wildman–Crippen LogP) is -0.547. The zero-order valence-corrected chi connectivity index (χ0v) is 8.38. The maximum atomic E-state index is 11.3. The molecule has 0 spiro atoms. The summed E-state index contributed by atoms with van der Waals surface area (Å²) in [6.07, 6.45) is -0.665. The van der Waals surface area contributed by atoms with E-state index in [1.807, 2.05) is 0 Å². The lowest BCUT2D eigenvalue weighted by molar-refractivity contribution is -0.155. The lowest BCUT2D eigenvalue weighted by Gasteiger charge is -2.21. The minimum absolute atomic E-state index is 0.00428. The van der Waals surface area contributed by atoms with Crippen molar-refractivity contribution in [1.29, 1.82) is 0 Å². The first-order valence-corrected chi connectivity index (χ1v) is 4.73. The fraction of sp³-hybridized carbons (Fsp3) is 0.556. The molecule has 7 heteroatoms. The van der Waals surface area contributed by atoms with Gasteiger partial charge in [0.25, 0.3) is 0 Å². The highest BCUT2D eigenvalue weighted by atomic mass is 16.4.